The molecule has 8 nitrogen and oxygen atoms in total. The number of benzene rings is 2. The van der Waals surface area contributed by atoms with Gasteiger partial charge in [0.15, 0.2) is 0 Å². The summed E-state index contributed by atoms with van der Waals surface area (Å²) in [6.07, 6.45) is -0.445. The SMILES string of the molecule is CC(C)C[C@@H](NC(=O)[C@@H]1OCC[C@@H]1CNC(=O)OCC1c2ccccc2-c2ccccc21)C(=O)O. The fourth-order valence-electron chi connectivity index (χ4n) is 4.94. The lowest BCUT2D eigenvalue weighted by Crippen LogP contribution is -2.49. The van der Waals surface area contributed by atoms with Crippen molar-refractivity contribution in [1.82, 2.24) is 10.6 Å². The van der Waals surface area contributed by atoms with Gasteiger partial charge >= 0.3 is 12.1 Å². The van der Waals surface area contributed by atoms with E-state index in [9.17, 15) is 19.5 Å². The molecule has 0 unspecified atom stereocenters. The Morgan fingerprint density at radius 1 is 1.06 bits per heavy atom. The number of aliphatic carboxylic acids is 1. The van der Waals surface area contributed by atoms with Crippen LogP contribution < -0.4 is 10.6 Å². The standard InChI is InChI=1S/C27H32N2O6/c1-16(2)13-23(26(31)32)29-25(30)24-17(11-12-34-24)14-28-27(33)35-15-22-20-9-5-3-7-18(20)19-8-4-6-10-21(19)22/h3-10,16-17,22-24H,11-15H2,1-2H3,(H,28,33)(H,29,30)(H,31,32)/t17-,23-,24-/m1/s1. The Balaban J connectivity index is 1.30. The van der Waals surface area contributed by atoms with E-state index in [1.807, 2.05) is 38.1 Å². The van der Waals surface area contributed by atoms with Crippen molar-refractivity contribution in [3.8, 4) is 11.1 Å². The molecule has 1 aliphatic carbocycles. The van der Waals surface area contributed by atoms with Gasteiger partial charge in [0.05, 0.1) is 0 Å². The Labute approximate surface area is 205 Å². The number of hydrogen-bond acceptors (Lipinski definition) is 5. The number of fused-ring (bicyclic) bond motifs is 3. The third-order valence-corrected chi connectivity index (χ3v) is 6.65. The molecule has 2 aromatic rings. The quantitative estimate of drug-likeness (QED) is 0.506. The molecule has 8 heteroatoms. The summed E-state index contributed by atoms with van der Waals surface area (Å²) in [4.78, 5) is 36.7. The normalized spacial score (nSPS) is 19.6. The number of carboxylic acid groups (broad SMARTS) is 1. The summed E-state index contributed by atoms with van der Waals surface area (Å²) in [5, 5.41) is 14.7. The molecule has 0 aromatic heterocycles. The number of hydrogen-bond donors (Lipinski definition) is 3. The van der Waals surface area contributed by atoms with Gasteiger partial charge in [0, 0.05) is 25.0 Å². The van der Waals surface area contributed by atoms with Crippen LogP contribution in [0.25, 0.3) is 11.1 Å². The first-order valence-corrected chi connectivity index (χ1v) is 12.1. The van der Waals surface area contributed by atoms with Gasteiger partial charge in [-0.15, -0.1) is 0 Å². The van der Waals surface area contributed by atoms with Gasteiger partial charge in [0.2, 0.25) is 5.91 Å². The predicted molar refractivity (Wildman–Crippen MR) is 130 cm³/mol. The molecule has 0 saturated carbocycles. The molecule has 0 bridgehead atoms. The summed E-state index contributed by atoms with van der Waals surface area (Å²) in [6.45, 7) is 4.58. The first-order chi connectivity index (χ1) is 16.8. The van der Waals surface area contributed by atoms with Crippen molar-refractivity contribution < 1.29 is 29.0 Å². The van der Waals surface area contributed by atoms with Gasteiger partial charge in [-0.2, -0.15) is 0 Å². The van der Waals surface area contributed by atoms with Gasteiger partial charge in [-0.25, -0.2) is 9.59 Å². The fraction of sp³-hybridized carbons (Fsp3) is 0.444. The van der Waals surface area contributed by atoms with Crippen LogP contribution in [0.1, 0.15) is 43.7 Å². The molecule has 2 aliphatic rings. The van der Waals surface area contributed by atoms with E-state index < -0.39 is 30.1 Å². The second-order valence-corrected chi connectivity index (χ2v) is 9.58. The molecule has 2 amide bonds. The molecule has 35 heavy (non-hydrogen) atoms. The van der Waals surface area contributed by atoms with Crippen LogP contribution in [0.5, 0.6) is 0 Å². The number of carbonyl (C=O) groups excluding carboxylic acids is 2. The summed E-state index contributed by atoms with van der Waals surface area (Å²) in [7, 11) is 0. The van der Waals surface area contributed by atoms with Gasteiger partial charge in [0.1, 0.15) is 18.8 Å². The Bertz CT molecular complexity index is 1040. The second-order valence-electron chi connectivity index (χ2n) is 9.58. The molecule has 1 aliphatic heterocycles. The maximum Gasteiger partial charge on any atom is 0.407 e. The first kappa shape index (κ1) is 24.7. The Hall–Kier alpha value is -3.39. The fourth-order valence-corrected chi connectivity index (χ4v) is 4.94. The van der Waals surface area contributed by atoms with E-state index in [0.717, 1.165) is 22.3 Å². The molecule has 3 atom stereocenters. The molecular weight excluding hydrogens is 448 g/mol. The van der Waals surface area contributed by atoms with Crippen LogP contribution in [0.3, 0.4) is 0 Å². The Morgan fingerprint density at radius 3 is 2.29 bits per heavy atom. The van der Waals surface area contributed by atoms with Crippen molar-refractivity contribution in [3.63, 3.8) is 0 Å². The summed E-state index contributed by atoms with van der Waals surface area (Å²) < 4.78 is 11.1. The highest BCUT2D eigenvalue weighted by Gasteiger charge is 2.36. The average Bonchev–Trinajstić information content (AvgIpc) is 3.43. The van der Waals surface area contributed by atoms with Crippen molar-refractivity contribution >= 4 is 18.0 Å². The van der Waals surface area contributed by atoms with Crippen molar-refractivity contribution in [3.05, 3.63) is 59.7 Å². The van der Waals surface area contributed by atoms with E-state index >= 15 is 0 Å². The molecule has 1 saturated heterocycles. The van der Waals surface area contributed by atoms with Crippen molar-refractivity contribution in [1.29, 1.82) is 0 Å². The zero-order chi connectivity index (χ0) is 24.9. The van der Waals surface area contributed by atoms with E-state index in [1.54, 1.807) is 0 Å². The molecule has 1 heterocycles. The number of rotatable bonds is 9. The number of alkyl carbamates (subject to hydrolysis) is 1. The van der Waals surface area contributed by atoms with Crippen LogP contribution in [-0.4, -0.2) is 55.0 Å². The molecule has 0 radical (unpaired) electrons. The van der Waals surface area contributed by atoms with Crippen LogP contribution in [0.2, 0.25) is 0 Å². The van der Waals surface area contributed by atoms with E-state index in [2.05, 4.69) is 34.9 Å². The van der Waals surface area contributed by atoms with Crippen LogP contribution >= 0.6 is 0 Å². The largest absolute Gasteiger partial charge is 0.480 e. The van der Waals surface area contributed by atoms with Crippen LogP contribution in [0.15, 0.2) is 48.5 Å². The molecular formula is C27H32N2O6. The Kier molecular flexibility index (Phi) is 7.70. The third-order valence-electron chi connectivity index (χ3n) is 6.65. The minimum atomic E-state index is -1.07. The monoisotopic (exact) mass is 480 g/mol. The topological polar surface area (TPSA) is 114 Å². The molecule has 3 N–H and O–H groups in total. The summed E-state index contributed by atoms with van der Waals surface area (Å²) in [6, 6.07) is 15.3. The number of carboxylic acids is 1. The summed E-state index contributed by atoms with van der Waals surface area (Å²) >= 11 is 0. The molecule has 186 valence electrons. The van der Waals surface area contributed by atoms with Gasteiger partial charge in [0.25, 0.3) is 0 Å². The molecule has 0 spiro atoms. The summed E-state index contributed by atoms with van der Waals surface area (Å²) in [5.74, 6) is -1.71. The van der Waals surface area contributed by atoms with E-state index in [0.29, 0.717) is 19.4 Å². The minimum absolute atomic E-state index is 0.0320. The highest BCUT2D eigenvalue weighted by Crippen LogP contribution is 2.44. The number of carbonyl (C=O) groups is 3. The van der Waals surface area contributed by atoms with E-state index in [1.165, 1.54) is 0 Å². The van der Waals surface area contributed by atoms with Crippen LogP contribution in [0.4, 0.5) is 4.79 Å². The minimum Gasteiger partial charge on any atom is -0.480 e. The van der Waals surface area contributed by atoms with Gasteiger partial charge in [-0.1, -0.05) is 62.4 Å². The molecule has 4 rings (SSSR count). The van der Waals surface area contributed by atoms with Crippen LogP contribution in [-0.2, 0) is 19.1 Å². The second kappa shape index (κ2) is 10.9. The first-order valence-electron chi connectivity index (χ1n) is 12.1. The van der Waals surface area contributed by atoms with Gasteiger partial charge in [-0.05, 0) is 41.0 Å². The van der Waals surface area contributed by atoms with Crippen LogP contribution in [0, 0.1) is 11.8 Å². The van der Waals surface area contributed by atoms with Gasteiger partial charge in [-0.3, -0.25) is 4.79 Å². The molecule has 2 aromatic carbocycles. The number of ether oxygens (including phenoxy) is 2. The lowest BCUT2D eigenvalue weighted by Gasteiger charge is -2.22. The number of nitrogens with one attached hydrogen (secondary N) is 2. The summed E-state index contributed by atoms with van der Waals surface area (Å²) in [5.41, 5.74) is 4.59. The zero-order valence-electron chi connectivity index (χ0n) is 20.0. The number of amides is 2. The predicted octanol–water partition coefficient (Wildman–Crippen LogP) is 3.55. The van der Waals surface area contributed by atoms with Crippen molar-refractivity contribution in [2.75, 3.05) is 19.8 Å². The molecule has 1 fully saturated rings. The lowest BCUT2D eigenvalue weighted by molar-refractivity contribution is -0.144. The average molecular weight is 481 g/mol. The van der Waals surface area contributed by atoms with Crippen molar-refractivity contribution in [2.45, 2.75) is 44.8 Å². The third kappa shape index (κ3) is 5.65. The van der Waals surface area contributed by atoms with Gasteiger partial charge < -0.3 is 25.2 Å². The highest BCUT2D eigenvalue weighted by molar-refractivity contribution is 5.86. The zero-order valence-corrected chi connectivity index (χ0v) is 20.0. The van der Waals surface area contributed by atoms with E-state index in [-0.39, 0.29) is 30.9 Å². The Morgan fingerprint density at radius 2 is 1.69 bits per heavy atom. The smallest absolute Gasteiger partial charge is 0.407 e. The highest BCUT2D eigenvalue weighted by atomic mass is 16.5. The maximum atomic E-state index is 12.7. The maximum absolute atomic E-state index is 12.7. The lowest BCUT2D eigenvalue weighted by atomic mass is 9.98. The van der Waals surface area contributed by atoms with Crippen molar-refractivity contribution in [2.24, 2.45) is 11.8 Å². The van der Waals surface area contributed by atoms with E-state index in [4.69, 9.17) is 9.47 Å².